The first-order valence-corrected chi connectivity index (χ1v) is 9.08. The third-order valence-corrected chi connectivity index (χ3v) is 5.96. The maximum absolute atomic E-state index is 12.3. The Hall–Kier alpha value is -1.44. The van der Waals surface area contributed by atoms with Crippen molar-refractivity contribution in [2.75, 3.05) is 0 Å². The van der Waals surface area contributed by atoms with Crippen LogP contribution in [0.2, 0.25) is 0 Å². The lowest BCUT2D eigenvalue weighted by Crippen LogP contribution is -2.42. The van der Waals surface area contributed by atoms with Crippen LogP contribution >= 0.6 is 22.7 Å². The second-order valence-corrected chi connectivity index (χ2v) is 8.06. The molecule has 4 heterocycles. The number of carbonyl (C=O) groups is 1. The number of hydrogen-bond acceptors (Lipinski definition) is 6. The smallest absolute Gasteiger partial charge is 0.279 e. The molecule has 2 N–H and O–H groups in total. The highest BCUT2D eigenvalue weighted by Crippen LogP contribution is 2.32. The van der Waals surface area contributed by atoms with Crippen molar-refractivity contribution in [3.05, 3.63) is 28.1 Å². The topological polar surface area (TPSA) is 63.2 Å². The van der Waals surface area contributed by atoms with Crippen LogP contribution in [-0.4, -0.2) is 29.0 Å². The van der Waals surface area contributed by atoms with E-state index in [4.69, 9.17) is 4.74 Å². The highest BCUT2D eigenvalue weighted by molar-refractivity contribution is 7.16. The van der Waals surface area contributed by atoms with Crippen LogP contribution < -0.4 is 15.4 Å². The summed E-state index contributed by atoms with van der Waals surface area (Å²) >= 11 is 2.86. The number of hydrogen-bond donors (Lipinski definition) is 2. The van der Waals surface area contributed by atoms with Crippen LogP contribution in [0, 0.1) is 6.92 Å². The summed E-state index contributed by atoms with van der Waals surface area (Å²) in [5, 5.41) is 7.99. The van der Waals surface area contributed by atoms with Gasteiger partial charge in [0.15, 0.2) is 5.06 Å². The van der Waals surface area contributed by atoms with E-state index in [2.05, 4.69) is 15.6 Å². The van der Waals surface area contributed by atoms with Crippen LogP contribution in [0.3, 0.4) is 0 Å². The number of fused-ring (bicyclic) bond motifs is 2. The van der Waals surface area contributed by atoms with Gasteiger partial charge >= 0.3 is 0 Å². The van der Waals surface area contributed by atoms with Gasteiger partial charge in [0.05, 0.1) is 4.88 Å². The van der Waals surface area contributed by atoms with Crippen LogP contribution in [0.15, 0.2) is 18.3 Å². The van der Waals surface area contributed by atoms with Gasteiger partial charge in [0.25, 0.3) is 11.1 Å². The first-order chi connectivity index (χ1) is 10.7. The first-order valence-electron chi connectivity index (χ1n) is 7.44. The molecule has 116 valence electrons. The quantitative estimate of drug-likeness (QED) is 0.902. The van der Waals surface area contributed by atoms with E-state index in [1.165, 1.54) is 29.1 Å². The number of nitrogens with zero attached hydrogens (tertiary/aromatic N) is 1. The number of aryl methyl sites for hydroxylation is 1. The van der Waals surface area contributed by atoms with Crippen LogP contribution in [0.25, 0.3) is 0 Å². The third-order valence-electron chi connectivity index (χ3n) is 4.21. The third kappa shape index (κ3) is 2.76. The molecule has 2 aliphatic heterocycles. The van der Waals surface area contributed by atoms with Gasteiger partial charge in [-0.2, -0.15) is 0 Å². The molecule has 2 saturated heterocycles. The molecule has 3 atom stereocenters. The van der Waals surface area contributed by atoms with E-state index in [1.54, 1.807) is 6.20 Å². The van der Waals surface area contributed by atoms with Gasteiger partial charge in [0.2, 0.25) is 0 Å². The van der Waals surface area contributed by atoms with Gasteiger partial charge in [-0.3, -0.25) is 4.79 Å². The summed E-state index contributed by atoms with van der Waals surface area (Å²) in [6, 6.07) is 4.94. The van der Waals surface area contributed by atoms with Gasteiger partial charge in [-0.25, -0.2) is 4.98 Å². The number of nitrogens with one attached hydrogen (secondary N) is 2. The highest BCUT2D eigenvalue weighted by Gasteiger charge is 2.39. The van der Waals surface area contributed by atoms with E-state index in [9.17, 15) is 4.79 Å². The van der Waals surface area contributed by atoms with Crippen molar-refractivity contribution in [2.24, 2.45) is 0 Å². The Morgan fingerprint density at radius 2 is 2.32 bits per heavy atom. The Morgan fingerprint density at radius 3 is 3.00 bits per heavy atom. The maximum Gasteiger partial charge on any atom is 0.279 e. The predicted molar refractivity (Wildman–Crippen MR) is 87.1 cm³/mol. The summed E-state index contributed by atoms with van der Waals surface area (Å²) in [6.07, 6.45) is 5.23. The standard InChI is InChI=1S/C15H17N3O2S2/c1-8-7-16-15(21-8)20-13-5-4-12(22-13)14(19)18-11-6-9-2-3-10(11)17-9/h4-5,7,9-11,17H,2-3,6H2,1H3,(H,18,19)/t9-,10+,11-/m1/s1. The summed E-state index contributed by atoms with van der Waals surface area (Å²) in [7, 11) is 0. The number of rotatable bonds is 4. The van der Waals surface area contributed by atoms with Crippen LogP contribution in [-0.2, 0) is 0 Å². The van der Waals surface area contributed by atoms with E-state index >= 15 is 0 Å². The molecule has 0 aliphatic carbocycles. The molecule has 0 unspecified atom stereocenters. The average molecular weight is 335 g/mol. The Balaban J connectivity index is 1.39. The van der Waals surface area contributed by atoms with Gasteiger partial charge in [0, 0.05) is 29.2 Å². The minimum Gasteiger partial charge on any atom is -0.420 e. The highest BCUT2D eigenvalue weighted by atomic mass is 32.1. The fraction of sp³-hybridized carbons (Fsp3) is 0.467. The van der Waals surface area contributed by atoms with Crippen molar-refractivity contribution in [2.45, 2.75) is 44.3 Å². The second-order valence-electron chi connectivity index (χ2n) is 5.82. The normalized spacial score (nSPS) is 26.3. The van der Waals surface area contributed by atoms with Crippen molar-refractivity contribution in [3.63, 3.8) is 0 Å². The molecule has 1 amide bonds. The Bertz CT molecular complexity index is 697. The summed E-state index contributed by atoms with van der Waals surface area (Å²) in [6.45, 7) is 1.99. The Labute approximate surface area is 136 Å². The molecule has 0 aromatic carbocycles. The number of thiazole rings is 1. The fourth-order valence-electron chi connectivity index (χ4n) is 3.19. The van der Waals surface area contributed by atoms with Crippen molar-refractivity contribution in [1.29, 1.82) is 0 Å². The van der Waals surface area contributed by atoms with Crippen LogP contribution in [0.4, 0.5) is 0 Å². The molecule has 2 aromatic heterocycles. The second kappa shape index (κ2) is 5.64. The molecule has 5 nitrogen and oxygen atoms in total. The van der Waals surface area contributed by atoms with Crippen molar-refractivity contribution in [1.82, 2.24) is 15.6 Å². The van der Waals surface area contributed by atoms with Gasteiger partial charge < -0.3 is 15.4 Å². The summed E-state index contributed by atoms with van der Waals surface area (Å²) in [4.78, 5) is 18.3. The Morgan fingerprint density at radius 1 is 1.41 bits per heavy atom. The lowest BCUT2D eigenvalue weighted by molar-refractivity contribution is 0.0935. The van der Waals surface area contributed by atoms with Gasteiger partial charge in [-0.05, 0) is 38.3 Å². The average Bonchev–Trinajstić information content (AvgIpc) is 3.24. The summed E-state index contributed by atoms with van der Waals surface area (Å²) < 4.78 is 5.68. The zero-order valence-electron chi connectivity index (χ0n) is 12.2. The molecule has 4 rings (SSSR count). The molecule has 0 spiro atoms. The SMILES string of the molecule is Cc1cnc(Oc2ccc(C(=O)N[C@@H]3C[C@H]4CC[C@@H]3N4)s2)s1. The van der Waals surface area contributed by atoms with Crippen molar-refractivity contribution >= 4 is 28.6 Å². The van der Waals surface area contributed by atoms with Gasteiger partial charge in [-0.1, -0.05) is 22.7 Å². The molecule has 2 fully saturated rings. The van der Waals surface area contributed by atoms with E-state index in [-0.39, 0.29) is 11.9 Å². The van der Waals surface area contributed by atoms with Gasteiger partial charge in [0.1, 0.15) is 0 Å². The number of ether oxygens (including phenoxy) is 1. The molecule has 0 saturated carbocycles. The lowest BCUT2D eigenvalue weighted by atomic mass is 9.95. The van der Waals surface area contributed by atoms with Crippen molar-refractivity contribution < 1.29 is 9.53 Å². The molecular formula is C15H17N3O2S2. The van der Waals surface area contributed by atoms with Gasteiger partial charge in [-0.15, -0.1) is 0 Å². The number of aromatic nitrogens is 1. The van der Waals surface area contributed by atoms with Crippen LogP contribution in [0.1, 0.15) is 33.8 Å². The summed E-state index contributed by atoms with van der Waals surface area (Å²) in [5.41, 5.74) is 0. The lowest BCUT2D eigenvalue weighted by Gasteiger charge is -2.20. The molecule has 22 heavy (non-hydrogen) atoms. The van der Waals surface area contributed by atoms with E-state index in [1.807, 2.05) is 19.1 Å². The number of amides is 1. The maximum atomic E-state index is 12.3. The molecule has 7 heteroatoms. The summed E-state index contributed by atoms with van der Waals surface area (Å²) in [5.74, 6) is -0.00507. The van der Waals surface area contributed by atoms with Crippen LogP contribution in [0.5, 0.6) is 10.3 Å². The first kappa shape index (κ1) is 14.2. The molecule has 2 aromatic rings. The van der Waals surface area contributed by atoms with E-state index < -0.39 is 0 Å². The minimum absolute atomic E-state index is 0.00507. The fourth-order valence-corrected chi connectivity index (χ4v) is 4.62. The largest absolute Gasteiger partial charge is 0.420 e. The Kier molecular flexibility index (Phi) is 3.63. The minimum atomic E-state index is -0.00507. The predicted octanol–water partition coefficient (Wildman–Crippen LogP) is 2.93. The van der Waals surface area contributed by atoms with E-state index in [0.717, 1.165) is 17.7 Å². The number of thiophene rings is 1. The van der Waals surface area contributed by atoms with Crippen molar-refractivity contribution in [3.8, 4) is 10.3 Å². The monoisotopic (exact) mass is 335 g/mol. The molecule has 2 aliphatic rings. The molecular weight excluding hydrogens is 318 g/mol. The van der Waals surface area contributed by atoms with E-state index in [0.29, 0.717) is 27.2 Å². The molecule has 2 bridgehead atoms. The number of carbonyl (C=O) groups excluding carboxylic acids is 1. The zero-order valence-corrected chi connectivity index (χ0v) is 13.8. The molecule has 0 radical (unpaired) electrons. The zero-order chi connectivity index (χ0) is 15.1.